The Morgan fingerprint density at radius 3 is 0.852 bits per heavy atom. The van der Waals surface area contributed by atoms with E-state index in [9.17, 15) is 0 Å². The van der Waals surface area contributed by atoms with Crippen molar-refractivity contribution in [1.82, 2.24) is 0 Å². The number of hydrogen-bond acceptors (Lipinski definition) is 6. The van der Waals surface area contributed by atoms with Gasteiger partial charge in [0.2, 0.25) is 0 Å². The summed E-state index contributed by atoms with van der Waals surface area (Å²) in [6.45, 7) is 8.99. The molecule has 6 nitrogen and oxygen atoms in total. The summed E-state index contributed by atoms with van der Waals surface area (Å²) in [6.07, 6.45) is 6.62. The van der Waals surface area contributed by atoms with Crippen molar-refractivity contribution >= 4 is 34.1 Å². The first kappa shape index (κ1) is 40.9. The van der Waals surface area contributed by atoms with Gasteiger partial charge in [0.1, 0.15) is 0 Å². The predicted octanol–water partition coefficient (Wildman–Crippen LogP) is 10.9. The van der Waals surface area contributed by atoms with Crippen LogP contribution in [0.25, 0.3) is 0 Å². The molecular formula is C48H60N6. The monoisotopic (exact) mass is 720 g/mol. The lowest BCUT2D eigenvalue weighted by Gasteiger charge is -2.09. The number of nitrogen functional groups attached to an aromatic ring is 3. The molecule has 54 heavy (non-hydrogen) atoms. The van der Waals surface area contributed by atoms with Gasteiger partial charge in [0.15, 0.2) is 0 Å². The van der Waals surface area contributed by atoms with Crippen molar-refractivity contribution in [3.63, 3.8) is 0 Å². The van der Waals surface area contributed by atoms with E-state index in [0.717, 1.165) is 92.3 Å². The zero-order chi connectivity index (χ0) is 38.4. The van der Waals surface area contributed by atoms with E-state index in [1.807, 2.05) is 36.4 Å². The van der Waals surface area contributed by atoms with Crippen LogP contribution in [-0.2, 0) is 19.3 Å². The van der Waals surface area contributed by atoms with Crippen molar-refractivity contribution in [3.8, 4) is 0 Å². The maximum absolute atomic E-state index is 5.95. The Balaban J connectivity index is 0.000000180. The molecule has 0 spiro atoms. The Morgan fingerprint density at radius 1 is 0.352 bits per heavy atom. The Bertz CT molecular complexity index is 1700. The number of nitrogens with one attached hydrogen (secondary N) is 3. The summed E-state index contributed by atoms with van der Waals surface area (Å²) in [5, 5.41) is 10.2. The minimum atomic E-state index is 0.828. The molecule has 0 radical (unpaired) electrons. The van der Waals surface area contributed by atoms with Crippen LogP contribution in [0.2, 0.25) is 0 Å². The van der Waals surface area contributed by atoms with Crippen LogP contribution in [-0.4, -0.2) is 19.6 Å². The van der Waals surface area contributed by atoms with Crippen LogP contribution in [0, 0.1) is 20.8 Å². The molecule has 6 aromatic rings. The summed E-state index contributed by atoms with van der Waals surface area (Å²) >= 11 is 0. The number of nitrogens with two attached hydrogens (primary N) is 3. The zero-order valence-electron chi connectivity index (χ0n) is 32.5. The van der Waals surface area contributed by atoms with Gasteiger partial charge < -0.3 is 33.2 Å². The van der Waals surface area contributed by atoms with Gasteiger partial charge in [-0.3, -0.25) is 0 Å². The van der Waals surface area contributed by atoms with Crippen molar-refractivity contribution in [2.45, 2.75) is 59.3 Å². The van der Waals surface area contributed by atoms with Crippen molar-refractivity contribution in [2.75, 3.05) is 52.8 Å². The molecule has 0 aliphatic carbocycles. The normalized spacial score (nSPS) is 10.3. The maximum atomic E-state index is 5.95. The molecule has 0 saturated heterocycles. The van der Waals surface area contributed by atoms with Crippen LogP contribution in [0.1, 0.15) is 52.6 Å². The van der Waals surface area contributed by atoms with Crippen molar-refractivity contribution in [2.24, 2.45) is 0 Å². The Kier molecular flexibility index (Phi) is 17.4. The van der Waals surface area contributed by atoms with Gasteiger partial charge in [-0.2, -0.15) is 0 Å². The lowest BCUT2D eigenvalue weighted by Crippen LogP contribution is -2.05. The molecule has 6 aromatic carbocycles. The molecule has 0 saturated carbocycles. The summed E-state index contributed by atoms with van der Waals surface area (Å²) in [5.74, 6) is 0. The highest BCUT2D eigenvalue weighted by Crippen LogP contribution is 2.21. The predicted molar refractivity (Wildman–Crippen MR) is 237 cm³/mol. The van der Waals surface area contributed by atoms with Gasteiger partial charge >= 0.3 is 0 Å². The van der Waals surface area contributed by atoms with Gasteiger partial charge in [0, 0.05) is 19.6 Å². The molecule has 9 N–H and O–H groups in total. The van der Waals surface area contributed by atoms with E-state index in [1.165, 1.54) is 33.4 Å². The lowest BCUT2D eigenvalue weighted by atomic mass is 10.1. The molecular weight excluding hydrogens is 661 g/mol. The first-order valence-electron chi connectivity index (χ1n) is 19.2. The highest BCUT2D eigenvalue weighted by Gasteiger charge is 2.01. The largest absolute Gasteiger partial charge is 0.397 e. The molecule has 0 heterocycles. The van der Waals surface area contributed by atoms with Gasteiger partial charge in [-0.25, -0.2) is 0 Å². The Morgan fingerprint density at radius 2 is 0.611 bits per heavy atom. The SMILES string of the molecule is Cc1ccc(NCCCc2ccccc2)c(N)c1.Cc1ccc(NCCCc2ccccc2)c(N)c1.Cc1ccc(NCCCc2ccccc2)c(N)c1. The van der Waals surface area contributed by atoms with Crippen LogP contribution < -0.4 is 33.2 Å². The van der Waals surface area contributed by atoms with E-state index in [2.05, 4.69) is 146 Å². The highest BCUT2D eigenvalue weighted by molar-refractivity contribution is 5.68. The minimum absolute atomic E-state index is 0.828. The van der Waals surface area contributed by atoms with E-state index >= 15 is 0 Å². The molecule has 0 fully saturated rings. The second kappa shape index (κ2) is 22.9. The van der Waals surface area contributed by atoms with E-state index in [4.69, 9.17) is 17.2 Å². The average Bonchev–Trinajstić information content (AvgIpc) is 3.17. The topological polar surface area (TPSA) is 114 Å². The Hall–Kier alpha value is -5.88. The summed E-state index contributed by atoms with van der Waals surface area (Å²) in [6, 6.07) is 50.0. The van der Waals surface area contributed by atoms with Crippen LogP contribution in [0.5, 0.6) is 0 Å². The minimum Gasteiger partial charge on any atom is -0.397 e. The molecule has 0 bridgehead atoms. The van der Waals surface area contributed by atoms with E-state index < -0.39 is 0 Å². The molecule has 0 atom stereocenters. The number of hydrogen-bond donors (Lipinski definition) is 6. The van der Waals surface area contributed by atoms with Crippen molar-refractivity contribution in [1.29, 1.82) is 0 Å². The first-order valence-corrected chi connectivity index (χ1v) is 19.2. The molecule has 0 aromatic heterocycles. The molecule has 0 amide bonds. The van der Waals surface area contributed by atoms with Gasteiger partial charge in [-0.1, -0.05) is 109 Å². The van der Waals surface area contributed by atoms with Gasteiger partial charge in [0.05, 0.1) is 34.1 Å². The molecule has 6 heteroatoms. The quantitative estimate of drug-likeness (QED) is 0.0465. The first-order chi connectivity index (χ1) is 26.3. The highest BCUT2D eigenvalue weighted by atomic mass is 14.9. The standard InChI is InChI=1S/3C16H20N2/c3*1-13-9-10-16(15(17)12-13)18-11-5-8-14-6-3-2-4-7-14/h3*2-4,6-7,9-10,12,18H,5,8,11,17H2,1H3. The van der Waals surface area contributed by atoms with Crippen molar-refractivity contribution in [3.05, 3.63) is 179 Å². The molecule has 282 valence electrons. The third-order valence-corrected chi connectivity index (χ3v) is 9.02. The molecule has 0 unspecified atom stereocenters. The molecule has 0 aliphatic heterocycles. The maximum Gasteiger partial charge on any atom is 0.0574 e. The fourth-order valence-electron chi connectivity index (χ4n) is 6.01. The third-order valence-electron chi connectivity index (χ3n) is 9.02. The number of benzene rings is 6. The number of rotatable bonds is 15. The van der Waals surface area contributed by atoms with E-state index in [-0.39, 0.29) is 0 Å². The van der Waals surface area contributed by atoms with E-state index in [1.54, 1.807) is 0 Å². The third kappa shape index (κ3) is 15.4. The number of anilines is 6. The smallest absolute Gasteiger partial charge is 0.0574 e. The number of aryl methyl sites for hydroxylation is 6. The fourth-order valence-corrected chi connectivity index (χ4v) is 6.01. The molecule has 0 aliphatic rings. The Labute approximate surface area is 324 Å². The van der Waals surface area contributed by atoms with Crippen LogP contribution >= 0.6 is 0 Å². The summed E-state index contributed by atoms with van der Waals surface area (Å²) in [4.78, 5) is 0. The van der Waals surface area contributed by atoms with Gasteiger partial charge in [-0.05, 0) is 129 Å². The molecule has 6 rings (SSSR count). The van der Waals surface area contributed by atoms with Gasteiger partial charge in [-0.15, -0.1) is 0 Å². The van der Waals surface area contributed by atoms with Crippen molar-refractivity contribution < 1.29 is 0 Å². The second-order valence-electron chi connectivity index (χ2n) is 13.8. The zero-order valence-corrected chi connectivity index (χ0v) is 32.5. The van der Waals surface area contributed by atoms with Crippen LogP contribution in [0.4, 0.5) is 34.1 Å². The second-order valence-corrected chi connectivity index (χ2v) is 13.8. The van der Waals surface area contributed by atoms with E-state index in [0.29, 0.717) is 0 Å². The van der Waals surface area contributed by atoms with Gasteiger partial charge in [0.25, 0.3) is 0 Å². The summed E-state index contributed by atoms with van der Waals surface area (Å²) in [7, 11) is 0. The fraction of sp³-hybridized carbons (Fsp3) is 0.250. The van der Waals surface area contributed by atoms with Crippen LogP contribution in [0.15, 0.2) is 146 Å². The average molecular weight is 721 g/mol. The lowest BCUT2D eigenvalue weighted by molar-refractivity contribution is 0.863. The van der Waals surface area contributed by atoms with Crippen LogP contribution in [0.3, 0.4) is 0 Å². The summed E-state index contributed by atoms with van der Waals surface area (Å²) in [5.41, 5.74) is 31.2. The summed E-state index contributed by atoms with van der Waals surface area (Å²) < 4.78 is 0.